The van der Waals surface area contributed by atoms with Gasteiger partial charge in [0, 0.05) is 6.42 Å². The molecule has 0 heterocycles. The summed E-state index contributed by atoms with van der Waals surface area (Å²) in [6.07, 6.45) is 5.36. The lowest BCUT2D eigenvalue weighted by molar-refractivity contribution is -0.118. The number of hydrogen-bond acceptors (Lipinski definition) is 2. The van der Waals surface area contributed by atoms with E-state index in [1.807, 2.05) is 0 Å². The minimum Gasteiger partial charge on any atom is -0.393 e. The molecule has 0 aromatic heterocycles. The van der Waals surface area contributed by atoms with E-state index in [0.717, 1.165) is 12.8 Å². The molecule has 1 N–H and O–H groups in total. The number of aliphatic hydroxyl groups is 1. The Labute approximate surface area is 75.0 Å². The molecule has 0 aliphatic rings. The Morgan fingerprint density at radius 2 is 2.00 bits per heavy atom. The Morgan fingerprint density at radius 3 is 2.50 bits per heavy atom. The second-order valence-corrected chi connectivity index (χ2v) is 3.41. The number of ketones is 1. The van der Waals surface area contributed by atoms with E-state index in [0.29, 0.717) is 6.42 Å². The molecule has 0 rings (SSSR count). The molecule has 0 saturated heterocycles. The van der Waals surface area contributed by atoms with Crippen LogP contribution in [-0.2, 0) is 4.79 Å². The Kier molecular flexibility index (Phi) is 7.06. The van der Waals surface area contributed by atoms with Gasteiger partial charge >= 0.3 is 0 Å². The molecule has 2 nitrogen and oxygen atoms in total. The van der Waals surface area contributed by atoms with Gasteiger partial charge in [-0.3, -0.25) is 4.79 Å². The fourth-order valence-electron chi connectivity index (χ4n) is 1.24. The average Bonchev–Trinajstić information content (AvgIpc) is 1.97. The summed E-state index contributed by atoms with van der Waals surface area (Å²) in [5.74, 6) is 0.0815. The number of unbranched alkanes of at least 4 members (excludes halogenated alkanes) is 3. The van der Waals surface area contributed by atoms with Gasteiger partial charge in [-0.15, -0.1) is 0 Å². The summed E-state index contributed by atoms with van der Waals surface area (Å²) in [7, 11) is 0. The normalized spacial score (nSPS) is 12.9. The standard InChI is InChI=1S/C10H20O2/c1-3-4-5-6-7-10(12)8-9(2)11/h10,12H,3-8H2,1-2H3/t10-/m1/s1. The van der Waals surface area contributed by atoms with E-state index in [-0.39, 0.29) is 5.78 Å². The van der Waals surface area contributed by atoms with Crippen molar-refractivity contribution < 1.29 is 9.90 Å². The zero-order valence-electron chi connectivity index (χ0n) is 8.18. The zero-order chi connectivity index (χ0) is 9.40. The predicted octanol–water partition coefficient (Wildman–Crippen LogP) is 2.30. The molecule has 0 aliphatic carbocycles. The summed E-state index contributed by atoms with van der Waals surface area (Å²) in [5, 5.41) is 9.30. The van der Waals surface area contributed by atoms with Gasteiger partial charge in [-0.05, 0) is 13.3 Å². The maximum atomic E-state index is 10.6. The molecule has 0 unspecified atom stereocenters. The maximum Gasteiger partial charge on any atom is 0.132 e. The summed E-state index contributed by atoms with van der Waals surface area (Å²) < 4.78 is 0. The number of aliphatic hydroxyl groups excluding tert-OH is 1. The third-order valence-corrected chi connectivity index (χ3v) is 1.91. The van der Waals surface area contributed by atoms with E-state index < -0.39 is 6.10 Å². The van der Waals surface area contributed by atoms with E-state index in [1.54, 1.807) is 0 Å². The van der Waals surface area contributed by atoms with E-state index in [2.05, 4.69) is 6.92 Å². The van der Waals surface area contributed by atoms with E-state index in [4.69, 9.17) is 0 Å². The molecule has 0 saturated carbocycles. The first kappa shape index (κ1) is 11.6. The van der Waals surface area contributed by atoms with Crippen LogP contribution in [0.1, 0.15) is 52.4 Å². The number of carbonyl (C=O) groups is 1. The third-order valence-electron chi connectivity index (χ3n) is 1.91. The Morgan fingerprint density at radius 1 is 1.33 bits per heavy atom. The monoisotopic (exact) mass is 172 g/mol. The van der Waals surface area contributed by atoms with Gasteiger partial charge in [-0.1, -0.05) is 32.6 Å². The highest BCUT2D eigenvalue weighted by molar-refractivity contribution is 5.75. The molecule has 2 heteroatoms. The molecular formula is C10H20O2. The van der Waals surface area contributed by atoms with E-state index in [1.165, 1.54) is 26.2 Å². The number of carbonyl (C=O) groups excluding carboxylic acids is 1. The van der Waals surface area contributed by atoms with Crippen LogP contribution >= 0.6 is 0 Å². The highest BCUT2D eigenvalue weighted by Gasteiger charge is 2.05. The van der Waals surface area contributed by atoms with Gasteiger partial charge in [0.25, 0.3) is 0 Å². The Hall–Kier alpha value is -0.370. The Balaban J connectivity index is 3.19. The largest absolute Gasteiger partial charge is 0.393 e. The van der Waals surface area contributed by atoms with Crippen LogP contribution in [0.5, 0.6) is 0 Å². The molecule has 0 aromatic rings. The van der Waals surface area contributed by atoms with Crippen LogP contribution in [0.4, 0.5) is 0 Å². The maximum absolute atomic E-state index is 10.6. The molecule has 0 aliphatic heterocycles. The highest BCUT2D eigenvalue weighted by atomic mass is 16.3. The van der Waals surface area contributed by atoms with Crippen molar-refractivity contribution in [3.8, 4) is 0 Å². The lowest BCUT2D eigenvalue weighted by atomic mass is 10.1. The van der Waals surface area contributed by atoms with Crippen molar-refractivity contribution in [1.82, 2.24) is 0 Å². The average molecular weight is 172 g/mol. The number of rotatable bonds is 7. The van der Waals surface area contributed by atoms with Gasteiger partial charge < -0.3 is 5.11 Å². The van der Waals surface area contributed by atoms with Crippen molar-refractivity contribution in [2.45, 2.75) is 58.5 Å². The lowest BCUT2D eigenvalue weighted by Crippen LogP contribution is -2.10. The van der Waals surface area contributed by atoms with Crippen molar-refractivity contribution in [3.63, 3.8) is 0 Å². The minimum atomic E-state index is -0.403. The van der Waals surface area contributed by atoms with Crippen molar-refractivity contribution in [2.75, 3.05) is 0 Å². The van der Waals surface area contributed by atoms with Gasteiger partial charge in [0.1, 0.15) is 5.78 Å². The number of hydrogen-bond donors (Lipinski definition) is 1. The Bertz CT molecular complexity index is 121. The second-order valence-electron chi connectivity index (χ2n) is 3.41. The summed E-state index contributed by atoms with van der Waals surface area (Å²) >= 11 is 0. The van der Waals surface area contributed by atoms with Gasteiger partial charge in [-0.25, -0.2) is 0 Å². The quantitative estimate of drug-likeness (QED) is 0.598. The molecular weight excluding hydrogens is 152 g/mol. The van der Waals surface area contributed by atoms with Gasteiger partial charge in [0.2, 0.25) is 0 Å². The SMILES string of the molecule is CCCCCC[C@@H](O)CC(C)=O. The molecule has 0 fully saturated rings. The lowest BCUT2D eigenvalue weighted by Gasteiger charge is -2.07. The van der Waals surface area contributed by atoms with Crippen LogP contribution in [0.15, 0.2) is 0 Å². The van der Waals surface area contributed by atoms with Crippen molar-refractivity contribution in [3.05, 3.63) is 0 Å². The molecule has 0 spiro atoms. The molecule has 1 atom stereocenters. The second kappa shape index (κ2) is 7.29. The third kappa shape index (κ3) is 7.73. The van der Waals surface area contributed by atoms with E-state index >= 15 is 0 Å². The van der Waals surface area contributed by atoms with Crippen LogP contribution < -0.4 is 0 Å². The van der Waals surface area contributed by atoms with Gasteiger partial charge in [0.05, 0.1) is 6.10 Å². The van der Waals surface area contributed by atoms with Crippen LogP contribution in [0.3, 0.4) is 0 Å². The smallest absolute Gasteiger partial charge is 0.132 e. The first-order valence-corrected chi connectivity index (χ1v) is 4.84. The zero-order valence-corrected chi connectivity index (χ0v) is 8.18. The van der Waals surface area contributed by atoms with Crippen LogP contribution in [0.2, 0.25) is 0 Å². The van der Waals surface area contributed by atoms with Crippen molar-refractivity contribution in [2.24, 2.45) is 0 Å². The first-order chi connectivity index (χ1) is 5.66. The van der Waals surface area contributed by atoms with Gasteiger partial charge in [-0.2, -0.15) is 0 Å². The molecule has 72 valence electrons. The highest BCUT2D eigenvalue weighted by Crippen LogP contribution is 2.07. The summed E-state index contributed by atoms with van der Waals surface area (Å²) in [6, 6.07) is 0. The van der Waals surface area contributed by atoms with Crippen LogP contribution in [-0.4, -0.2) is 17.0 Å². The molecule has 0 amide bonds. The topological polar surface area (TPSA) is 37.3 Å². The van der Waals surface area contributed by atoms with Crippen molar-refractivity contribution >= 4 is 5.78 Å². The predicted molar refractivity (Wildman–Crippen MR) is 50.1 cm³/mol. The van der Waals surface area contributed by atoms with Gasteiger partial charge in [0.15, 0.2) is 0 Å². The molecule has 0 radical (unpaired) electrons. The summed E-state index contributed by atoms with van der Waals surface area (Å²) in [6.45, 7) is 3.68. The minimum absolute atomic E-state index is 0.0815. The molecule has 12 heavy (non-hydrogen) atoms. The van der Waals surface area contributed by atoms with Crippen LogP contribution in [0.25, 0.3) is 0 Å². The first-order valence-electron chi connectivity index (χ1n) is 4.84. The van der Waals surface area contributed by atoms with E-state index in [9.17, 15) is 9.90 Å². The number of Topliss-reactive ketones (excluding diaryl/α,β-unsaturated/α-hetero) is 1. The van der Waals surface area contributed by atoms with Crippen LogP contribution in [0, 0.1) is 0 Å². The molecule has 0 aromatic carbocycles. The fraction of sp³-hybridized carbons (Fsp3) is 0.900. The van der Waals surface area contributed by atoms with Crippen molar-refractivity contribution in [1.29, 1.82) is 0 Å². The summed E-state index contributed by atoms with van der Waals surface area (Å²) in [4.78, 5) is 10.6. The summed E-state index contributed by atoms with van der Waals surface area (Å²) in [5.41, 5.74) is 0. The molecule has 0 bridgehead atoms. The fourth-order valence-corrected chi connectivity index (χ4v) is 1.24.